The first-order valence-corrected chi connectivity index (χ1v) is 7.23. The summed E-state index contributed by atoms with van der Waals surface area (Å²) in [4.78, 5) is 11.9. The highest BCUT2D eigenvalue weighted by molar-refractivity contribution is 9.10. The van der Waals surface area contributed by atoms with Gasteiger partial charge in [-0.25, -0.2) is 5.43 Å². The van der Waals surface area contributed by atoms with Gasteiger partial charge in [0, 0.05) is 4.47 Å². The van der Waals surface area contributed by atoms with Gasteiger partial charge in [-0.3, -0.25) is 4.79 Å². The van der Waals surface area contributed by atoms with E-state index in [9.17, 15) is 9.90 Å². The summed E-state index contributed by atoms with van der Waals surface area (Å²) in [5, 5.41) is 13.3. The molecule has 0 saturated carbocycles. The molecule has 6 heteroatoms. The minimum Gasteiger partial charge on any atom is -0.507 e. The van der Waals surface area contributed by atoms with E-state index >= 15 is 0 Å². The standard InChI is InChI=1S/C14H10Br2N2O2/c15-11-4-2-1-3-10(11)14(20)18-17-8-9-5-6-13(19)12(16)7-9/h1-8,19H,(H,18,20)/b17-8-. The Bertz CT molecular complexity index is 672. The van der Waals surface area contributed by atoms with Gasteiger partial charge in [0.15, 0.2) is 0 Å². The minimum atomic E-state index is -0.299. The van der Waals surface area contributed by atoms with E-state index in [1.165, 1.54) is 6.21 Å². The van der Waals surface area contributed by atoms with Crippen molar-refractivity contribution < 1.29 is 9.90 Å². The smallest absolute Gasteiger partial charge is 0.272 e. The summed E-state index contributed by atoms with van der Waals surface area (Å²) in [6.45, 7) is 0. The van der Waals surface area contributed by atoms with Crippen LogP contribution in [0.25, 0.3) is 0 Å². The Hall–Kier alpha value is -1.66. The molecular formula is C14H10Br2N2O2. The Labute approximate surface area is 132 Å². The zero-order valence-corrected chi connectivity index (χ0v) is 13.3. The molecule has 0 bridgehead atoms. The Morgan fingerprint density at radius 1 is 1.15 bits per heavy atom. The van der Waals surface area contributed by atoms with E-state index in [-0.39, 0.29) is 11.7 Å². The lowest BCUT2D eigenvalue weighted by molar-refractivity contribution is 0.0954. The highest BCUT2D eigenvalue weighted by Crippen LogP contribution is 2.23. The van der Waals surface area contributed by atoms with E-state index in [4.69, 9.17) is 0 Å². The summed E-state index contributed by atoms with van der Waals surface area (Å²) in [7, 11) is 0. The van der Waals surface area contributed by atoms with Crippen LogP contribution < -0.4 is 5.43 Å². The maximum atomic E-state index is 11.9. The molecule has 102 valence electrons. The summed E-state index contributed by atoms with van der Waals surface area (Å²) < 4.78 is 1.28. The third-order valence-corrected chi connectivity index (χ3v) is 3.80. The van der Waals surface area contributed by atoms with Gasteiger partial charge in [-0.2, -0.15) is 5.10 Å². The van der Waals surface area contributed by atoms with Crippen LogP contribution in [0.1, 0.15) is 15.9 Å². The zero-order chi connectivity index (χ0) is 14.5. The van der Waals surface area contributed by atoms with Gasteiger partial charge in [-0.1, -0.05) is 12.1 Å². The van der Waals surface area contributed by atoms with Crippen LogP contribution in [-0.2, 0) is 0 Å². The second kappa shape index (κ2) is 6.67. The maximum absolute atomic E-state index is 11.9. The number of hydrogen-bond acceptors (Lipinski definition) is 3. The number of carbonyl (C=O) groups is 1. The van der Waals surface area contributed by atoms with Crippen LogP contribution in [0.4, 0.5) is 0 Å². The van der Waals surface area contributed by atoms with E-state index in [0.717, 1.165) is 5.56 Å². The van der Waals surface area contributed by atoms with E-state index in [2.05, 4.69) is 42.4 Å². The predicted octanol–water partition coefficient (Wildman–Crippen LogP) is 3.68. The summed E-state index contributed by atoms with van der Waals surface area (Å²) in [5.41, 5.74) is 3.71. The SMILES string of the molecule is O=C(N/N=C\c1ccc(O)c(Br)c1)c1ccccc1Br. The number of hydrogen-bond donors (Lipinski definition) is 2. The first-order valence-electron chi connectivity index (χ1n) is 5.64. The van der Waals surface area contributed by atoms with Gasteiger partial charge in [0.1, 0.15) is 5.75 Å². The third-order valence-electron chi connectivity index (χ3n) is 2.47. The van der Waals surface area contributed by atoms with Gasteiger partial charge >= 0.3 is 0 Å². The number of nitrogens with one attached hydrogen (secondary N) is 1. The minimum absolute atomic E-state index is 0.152. The first-order chi connectivity index (χ1) is 9.58. The van der Waals surface area contributed by atoms with Crippen LogP contribution in [0.5, 0.6) is 5.75 Å². The largest absolute Gasteiger partial charge is 0.507 e. The lowest BCUT2D eigenvalue weighted by atomic mass is 10.2. The fourth-order valence-electron chi connectivity index (χ4n) is 1.47. The van der Waals surface area contributed by atoms with Gasteiger partial charge in [0.05, 0.1) is 16.3 Å². The van der Waals surface area contributed by atoms with Crippen molar-refractivity contribution in [1.82, 2.24) is 5.43 Å². The molecule has 2 N–H and O–H groups in total. The molecule has 0 atom stereocenters. The molecule has 4 nitrogen and oxygen atoms in total. The fourth-order valence-corrected chi connectivity index (χ4v) is 2.34. The van der Waals surface area contributed by atoms with Crippen LogP contribution in [0.3, 0.4) is 0 Å². The van der Waals surface area contributed by atoms with E-state index < -0.39 is 0 Å². The molecule has 2 aromatic carbocycles. The van der Waals surface area contributed by atoms with Crippen LogP contribution >= 0.6 is 31.9 Å². The van der Waals surface area contributed by atoms with Crippen molar-refractivity contribution in [1.29, 1.82) is 0 Å². The van der Waals surface area contributed by atoms with Gasteiger partial charge in [-0.15, -0.1) is 0 Å². The van der Waals surface area contributed by atoms with Crippen molar-refractivity contribution in [2.75, 3.05) is 0 Å². The van der Waals surface area contributed by atoms with Crippen molar-refractivity contribution in [3.8, 4) is 5.75 Å². The number of amides is 1. The molecule has 0 unspecified atom stereocenters. The molecule has 0 fully saturated rings. The lowest BCUT2D eigenvalue weighted by Crippen LogP contribution is -2.18. The topological polar surface area (TPSA) is 61.7 Å². The quantitative estimate of drug-likeness (QED) is 0.612. The summed E-state index contributed by atoms with van der Waals surface area (Å²) in [6.07, 6.45) is 1.50. The molecule has 0 aromatic heterocycles. The third kappa shape index (κ3) is 3.68. The van der Waals surface area contributed by atoms with E-state index in [1.807, 2.05) is 6.07 Å². The number of rotatable bonds is 3. The lowest BCUT2D eigenvalue weighted by Gasteiger charge is -2.02. The second-order valence-corrected chi connectivity index (χ2v) is 5.60. The number of nitrogens with zero attached hydrogens (tertiary/aromatic N) is 1. The van der Waals surface area contributed by atoms with E-state index in [1.54, 1.807) is 36.4 Å². The molecular weight excluding hydrogens is 388 g/mol. The maximum Gasteiger partial charge on any atom is 0.272 e. The number of carbonyl (C=O) groups excluding carboxylic acids is 1. The van der Waals surface area contributed by atoms with Gasteiger partial charge < -0.3 is 5.11 Å². The van der Waals surface area contributed by atoms with Crippen LogP contribution in [0.15, 0.2) is 56.5 Å². The molecule has 0 radical (unpaired) electrons. The highest BCUT2D eigenvalue weighted by Gasteiger charge is 2.07. The van der Waals surface area contributed by atoms with Gasteiger partial charge in [0.2, 0.25) is 0 Å². The van der Waals surface area contributed by atoms with Gasteiger partial charge in [-0.05, 0) is 67.8 Å². The molecule has 2 aromatic rings. The molecule has 0 aliphatic heterocycles. The fraction of sp³-hybridized carbons (Fsp3) is 0. The van der Waals surface area contributed by atoms with Crippen molar-refractivity contribution in [2.24, 2.45) is 5.10 Å². The Balaban J connectivity index is 2.05. The molecule has 0 heterocycles. The number of aromatic hydroxyl groups is 1. The molecule has 0 saturated heterocycles. The molecule has 0 aliphatic carbocycles. The van der Waals surface area contributed by atoms with Crippen LogP contribution in [0, 0.1) is 0 Å². The Morgan fingerprint density at radius 3 is 2.60 bits per heavy atom. The van der Waals surface area contributed by atoms with Crippen LogP contribution in [0.2, 0.25) is 0 Å². The summed E-state index contributed by atoms with van der Waals surface area (Å²) in [5.74, 6) is -0.147. The molecule has 0 spiro atoms. The van der Waals surface area contributed by atoms with E-state index in [0.29, 0.717) is 14.5 Å². The molecule has 2 rings (SSSR count). The van der Waals surface area contributed by atoms with Crippen molar-refractivity contribution in [2.45, 2.75) is 0 Å². The Kier molecular flexibility index (Phi) is 4.92. The number of phenols is 1. The predicted molar refractivity (Wildman–Crippen MR) is 85.0 cm³/mol. The summed E-state index contributed by atoms with van der Waals surface area (Å²) in [6, 6.07) is 12.0. The second-order valence-electron chi connectivity index (χ2n) is 3.89. The monoisotopic (exact) mass is 396 g/mol. The first kappa shape index (κ1) is 14.7. The molecule has 0 aliphatic rings. The van der Waals surface area contributed by atoms with Crippen molar-refractivity contribution in [3.05, 3.63) is 62.5 Å². The summed E-state index contributed by atoms with van der Waals surface area (Å²) >= 11 is 6.51. The Morgan fingerprint density at radius 2 is 1.90 bits per heavy atom. The average molecular weight is 398 g/mol. The van der Waals surface area contributed by atoms with Crippen molar-refractivity contribution >= 4 is 44.0 Å². The normalized spacial score (nSPS) is 10.7. The number of halogens is 2. The molecule has 1 amide bonds. The number of benzene rings is 2. The number of phenolic OH excluding ortho intramolecular Hbond substituents is 1. The van der Waals surface area contributed by atoms with Crippen LogP contribution in [-0.4, -0.2) is 17.2 Å². The van der Waals surface area contributed by atoms with Gasteiger partial charge in [0.25, 0.3) is 5.91 Å². The number of hydrazone groups is 1. The van der Waals surface area contributed by atoms with Crippen molar-refractivity contribution in [3.63, 3.8) is 0 Å². The molecule has 20 heavy (non-hydrogen) atoms. The highest BCUT2D eigenvalue weighted by atomic mass is 79.9. The zero-order valence-electron chi connectivity index (χ0n) is 10.2. The average Bonchev–Trinajstić information content (AvgIpc) is 2.43.